The first-order valence-electron chi connectivity index (χ1n) is 4.29. The molecule has 2 rings (SSSR count). The van der Waals surface area contributed by atoms with Crippen molar-refractivity contribution in [3.05, 3.63) is 22.7 Å². The van der Waals surface area contributed by atoms with Crippen LogP contribution in [0.3, 0.4) is 0 Å². The average molecular weight is 230 g/mol. The lowest BCUT2D eigenvalue weighted by Crippen LogP contribution is -2.00. The molecule has 14 heavy (non-hydrogen) atoms. The SMILES string of the molecule is CC(C)n1c(Cl)nc2c(Cl)nccc21. The van der Waals surface area contributed by atoms with E-state index in [1.807, 2.05) is 24.5 Å². The Kier molecular flexibility index (Phi) is 2.37. The van der Waals surface area contributed by atoms with Gasteiger partial charge in [0.05, 0.1) is 5.52 Å². The van der Waals surface area contributed by atoms with Crippen LogP contribution in [-0.2, 0) is 0 Å². The number of aromatic nitrogens is 3. The number of hydrogen-bond donors (Lipinski definition) is 0. The fourth-order valence-electron chi connectivity index (χ4n) is 1.45. The van der Waals surface area contributed by atoms with E-state index in [0.717, 1.165) is 5.52 Å². The Morgan fingerprint density at radius 3 is 2.71 bits per heavy atom. The first kappa shape index (κ1) is 9.74. The molecule has 2 aromatic heterocycles. The van der Waals surface area contributed by atoms with Gasteiger partial charge in [-0.15, -0.1) is 0 Å². The number of rotatable bonds is 1. The van der Waals surface area contributed by atoms with Crippen molar-refractivity contribution in [2.24, 2.45) is 0 Å². The van der Waals surface area contributed by atoms with Crippen LogP contribution in [0.1, 0.15) is 19.9 Å². The molecule has 0 aliphatic heterocycles. The lowest BCUT2D eigenvalue weighted by atomic mass is 10.3. The third kappa shape index (κ3) is 1.37. The van der Waals surface area contributed by atoms with Gasteiger partial charge in [0.25, 0.3) is 0 Å². The Hall–Kier alpha value is -0.800. The summed E-state index contributed by atoms with van der Waals surface area (Å²) in [5.74, 6) is 0. The lowest BCUT2D eigenvalue weighted by molar-refractivity contribution is 0.618. The maximum Gasteiger partial charge on any atom is 0.204 e. The molecule has 0 aliphatic carbocycles. The van der Waals surface area contributed by atoms with E-state index in [1.165, 1.54) is 0 Å². The normalized spacial score (nSPS) is 11.5. The number of halogens is 2. The highest BCUT2D eigenvalue weighted by molar-refractivity contribution is 6.34. The summed E-state index contributed by atoms with van der Waals surface area (Å²) >= 11 is 11.9. The molecule has 0 spiro atoms. The Morgan fingerprint density at radius 2 is 2.07 bits per heavy atom. The van der Waals surface area contributed by atoms with Crippen molar-refractivity contribution >= 4 is 34.2 Å². The Bertz CT molecular complexity index is 476. The quantitative estimate of drug-likeness (QED) is 0.703. The molecule has 0 fully saturated rings. The second-order valence-corrected chi connectivity index (χ2v) is 4.01. The number of imidazole rings is 1. The van der Waals surface area contributed by atoms with E-state index in [0.29, 0.717) is 16.0 Å². The van der Waals surface area contributed by atoms with Gasteiger partial charge in [0.2, 0.25) is 5.28 Å². The zero-order valence-electron chi connectivity index (χ0n) is 7.83. The van der Waals surface area contributed by atoms with Crippen LogP contribution in [0.15, 0.2) is 12.3 Å². The predicted octanol–water partition coefficient (Wildman–Crippen LogP) is 3.32. The summed E-state index contributed by atoms with van der Waals surface area (Å²) in [6.45, 7) is 4.09. The first-order chi connectivity index (χ1) is 6.61. The molecule has 3 nitrogen and oxygen atoms in total. The minimum absolute atomic E-state index is 0.256. The van der Waals surface area contributed by atoms with Gasteiger partial charge in [-0.1, -0.05) is 11.6 Å². The summed E-state index contributed by atoms with van der Waals surface area (Å²) in [6.07, 6.45) is 1.65. The standard InChI is InChI=1S/C9H9Cl2N3/c1-5(2)14-6-3-4-12-8(10)7(6)13-9(14)11/h3-5H,1-2H3. The van der Waals surface area contributed by atoms with E-state index >= 15 is 0 Å². The maximum atomic E-state index is 6.00. The molecule has 0 saturated heterocycles. The zero-order valence-corrected chi connectivity index (χ0v) is 9.34. The fraction of sp³-hybridized carbons (Fsp3) is 0.333. The minimum Gasteiger partial charge on any atom is -0.312 e. The van der Waals surface area contributed by atoms with E-state index in [9.17, 15) is 0 Å². The van der Waals surface area contributed by atoms with Crippen LogP contribution in [0, 0.1) is 0 Å². The molecule has 2 heterocycles. The average Bonchev–Trinajstić information content (AvgIpc) is 2.42. The van der Waals surface area contributed by atoms with Crippen LogP contribution in [0.25, 0.3) is 11.0 Å². The molecule has 74 valence electrons. The van der Waals surface area contributed by atoms with Gasteiger partial charge < -0.3 is 4.57 Å². The van der Waals surface area contributed by atoms with Crippen molar-refractivity contribution in [3.63, 3.8) is 0 Å². The third-order valence-electron chi connectivity index (χ3n) is 2.04. The van der Waals surface area contributed by atoms with Gasteiger partial charge in [-0.2, -0.15) is 0 Å². The van der Waals surface area contributed by atoms with Crippen LogP contribution in [0.4, 0.5) is 0 Å². The topological polar surface area (TPSA) is 30.7 Å². The number of fused-ring (bicyclic) bond motifs is 1. The predicted molar refractivity (Wildman–Crippen MR) is 57.9 cm³/mol. The molecule has 0 aromatic carbocycles. The Labute approximate surface area is 91.7 Å². The minimum atomic E-state index is 0.256. The van der Waals surface area contributed by atoms with Crippen LogP contribution >= 0.6 is 23.2 Å². The molecule has 0 amide bonds. The number of nitrogens with zero attached hydrogens (tertiary/aromatic N) is 3. The summed E-state index contributed by atoms with van der Waals surface area (Å²) < 4.78 is 1.92. The second kappa shape index (κ2) is 3.41. The van der Waals surface area contributed by atoms with Crippen molar-refractivity contribution in [2.45, 2.75) is 19.9 Å². The number of pyridine rings is 1. The van der Waals surface area contributed by atoms with Gasteiger partial charge in [0, 0.05) is 12.2 Å². The van der Waals surface area contributed by atoms with Gasteiger partial charge in [-0.05, 0) is 31.5 Å². The molecule has 5 heteroatoms. The zero-order chi connectivity index (χ0) is 10.3. The van der Waals surface area contributed by atoms with Gasteiger partial charge in [-0.3, -0.25) is 0 Å². The number of hydrogen-bond acceptors (Lipinski definition) is 2. The van der Waals surface area contributed by atoms with Crippen molar-refractivity contribution in [2.75, 3.05) is 0 Å². The highest BCUT2D eigenvalue weighted by Crippen LogP contribution is 2.27. The first-order valence-corrected chi connectivity index (χ1v) is 5.05. The molecule has 0 bridgehead atoms. The van der Waals surface area contributed by atoms with Crippen LogP contribution in [0.5, 0.6) is 0 Å². The summed E-state index contributed by atoms with van der Waals surface area (Å²) in [4.78, 5) is 8.12. The molecule has 0 atom stereocenters. The summed E-state index contributed by atoms with van der Waals surface area (Å²) in [5, 5.41) is 0.841. The molecule has 0 unspecified atom stereocenters. The van der Waals surface area contributed by atoms with Crippen LogP contribution in [-0.4, -0.2) is 14.5 Å². The van der Waals surface area contributed by atoms with Gasteiger partial charge >= 0.3 is 0 Å². The summed E-state index contributed by atoms with van der Waals surface area (Å²) in [5.41, 5.74) is 1.58. The van der Waals surface area contributed by atoms with Crippen molar-refractivity contribution in [1.29, 1.82) is 0 Å². The largest absolute Gasteiger partial charge is 0.312 e. The van der Waals surface area contributed by atoms with Crippen LogP contribution < -0.4 is 0 Å². The fourth-order valence-corrected chi connectivity index (χ4v) is 2.02. The van der Waals surface area contributed by atoms with Crippen molar-refractivity contribution in [1.82, 2.24) is 14.5 Å². The molecule has 2 aromatic rings. The molecule has 0 N–H and O–H groups in total. The highest BCUT2D eigenvalue weighted by Gasteiger charge is 2.13. The van der Waals surface area contributed by atoms with Gasteiger partial charge in [0.15, 0.2) is 5.15 Å². The molecule has 0 radical (unpaired) electrons. The van der Waals surface area contributed by atoms with E-state index in [1.54, 1.807) is 6.20 Å². The van der Waals surface area contributed by atoms with Crippen molar-refractivity contribution in [3.8, 4) is 0 Å². The van der Waals surface area contributed by atoms with E-state index in [2.05, 4.69) is 9.97 Å². The molecule has 0 saturated carbocycles. The second-order valence-electron chi connectivity index (χ2n) is 3.31. The maximum absolute atomic E-state index is 6.00. The lowest BCUT2D eigenvalue weighted by Gasteiger charge is -2.08. The molecular weight excluding hydrogens is 221 g/mol. The summed E-state index contributed by atoms with van der Waals surface area (Å²) in [6, 6.07) is 2.12. The summed E-state index contributed by atoms with van der Waals surface area (Å²) in [7, 11) is 0. The van der Waals surface area contributed by atoms with Gasteiger partial charge in [-0.25, -0.2) is 9.97 Å². The van der Waals surface area contributed by atoms with E-state index in [4.69, 9.17) is 23.2 Å². The smallest absolute Gasteiger partial charge is 0.204 e. The monoisotopic (exact) mass is 229 g/mol. The van der Waals surface area contributed by atoms with E-state index < -0.39 is 0 Å². The molecular formula is C9H9Cl2N3. The van der Waals surface area contributed by atoms with Crippen LogP contribution in [0.2, 0.25) is 10.4 Å². The Morgan fingerprint density at radius 1 is 1.36 bits per heavy atom. The molecule has 0 aliphatic rings. The van der Waals surface area contributed by atoms with Gasteiger partial charge in [0.1, 0.15) is 5.52 Å². The highest BCUT2D eigenvalue weighted by atomic mass is 35.5. The Balaban J connectivity index is 2.83. The third-order valence-corrected chi connectivity index (χ3v) is 2.58. The van der Waals surface area contributed by atoms with E-state index in [-0.39, 0.29) is 6.04 Å². The van der Waals surface area contributed by atoms with Crippen molar-refractivity contribution < 1.29 is 0 Å².